The summed E-state index contributed by atoms with van der Waals surface area (Å²) in [5, 5.41) is 0. The average Bonchev–Trinajstić information content (AvgIpc) is 2.74. The number of halogens is 1. The zero-order valence-corrected chi connectivity index (χ0v) is 10.9. The second-order valence-electron chi connectivity index (χ2n) is 3.42. The van der Waals surface area contributed by atoms with Crippen LogP contribution in [0.15, 0.2) is 20.5 Å². The predicted molar refractivity (Wildman–Crippen MR) is 64.9 cm³/mol. The van der Waals surface area contributed by atoms with Gasteiger partial charge < -0.3 is 10.2 Å². The molecule has 0 saturated carbocycles. The van der Waals surface area contributed by atoms with Gasteiger partial charge in [0.15, 0.2) is 5.76 Å². The van der Waals surface area contributed by atoms with Crippen LogP contribution < -0.4 is 5.73 Å². The molecule has 0 saturated heterocycles. The van der Waals surface area contributed by atoms with E-state index in [1.165, 1.54) is 5.56 Å². The van der Waals surface area contributed by atoms with E-state index < -0.39 is 0 Å². The Labute approximate surface area is 100 Å². The molecule has 0 radical (unpaired) electrons. The maximum atomic E-state index is 5.68. The molecule has 2 rings (SSSR count). The molecule has 0 aliphatic heterocycles. The number of nitrogens with two attached hydrogens (primary N) is 1. The summed E-state index contributed by atoms with van der Waals surface area (Å²) in [7, 11) is 0. The monoisotopic (exact) mass is 286 g/mol. The molecule has 2 aromatic rings. The number of nitrogens with zero attached hydrogens (tertiary/aromatic N) is 1. The van der Waals surface area contributed by atoms with Crippen molar-refractivity contribution in [3.05, 3.63) is 27.5 Å². The van der Waals surface area contributed by atoms with Crippen LogP contribution in [0.2, 0.25) is 0 Å². The summed E-state index contributed by atoms with van der Waals surface area (Å²) in [4.78, 5) is 5.20. The van der Waals surface area contributed by atoms with Gasteiger partial charge in [-0.3, -0.25) is 0 Å². The van der Waals surface area contributed by atoms with E-state index in [2.05, 4.69) is 27.0 Å². The van der Waals surface area contributed by atoms with Crippen LogP contribution >= 0.6 is 27.3 Å². The van der Waals surface area contributed by atoms with Crippen molar-refractivity contribution in [1.82, 2.24) is 4.98 Å². The fourth-order valence-corrected chi connectivity index (χ4v) is 2.67. The molecule has 1 unspecified atom stereocenters. The van der Waals surface area contributed by atoms with Crippen molar-refractivity contribution in [2.75, 3.05) is 0 Å². The van der Waals surface area contributed by atoms with E-state index in [1.54, 1.807) is 17.5 Å². The third-order valence-electron chi connectivity index (χ3n) is 2.01. The van der Waals surface area contributed by atoms with Crippen LogP contribution in [0.5, 0.6) is 0 Å². The van der Waals surface area contributed by atoms with Crippen molar-refractivity contribution in [2.45, 2.75) is 19.9 Å². The summed E-state index contributed by atoms with van der Waals surface area (Å²) in [6, 6.07) is 1.91. The first kappa shape index (κ1) is 10.9. The Morgan fingerprint density at radius 3 is 2.80 bits per heavy atom. The van der Waals surface area contributed by atoms with Crippen LogP contribution in [0.25, 0.3) is 10.6 Å². The number of thiophene rings is 1. The van der Waals surface area contributed by atoms with Gasteiger partial charge in [0, 0.05) is 0 Å². The number of aryl methyl sites for hydroxylation is 1. The smallest absolute Gasteiger partial charge is 0.211 e. The summed E-state index contributed by atoms with van der Waals surface area (Å²) < 4.78 is 6.67. The average molecular weight is 287 g/mol. The maximum Gasteiger partial charge on any atom is 0.211 e. The van der Waals surface area contributed by atoms with Gasteiger partial charge in [-0.2, -0.15) is 0 Å². The van der Waals surface area contributed by atoms with Crippen LogP contribution in [0.1, 0.15) is 24.4 Å². The number of aromatic nitrogens is 1. The number of rotatable bonds is 2. The van der Waals surface area contributed by atoms with Crippen molar-refractivity contribution in [1.29, 1.82) is 0 Å². The highest BCUT2D eigenvalue weighted by Crippen LogP contribution is 2.35. The predicted octanol–water partition coefficient (Wildman–Crippen LogP) is 3.49. The lowest BCUT2D eigenvalue weighted by molar-refractivity contribution is 0.474. The van der Waals surface area contributed by atoms with E-state index in [0.29, 0.717) is 5.89 Å². The molecule has 0 spiro atoms. The van der Waals surface area contributed by atoms with Gasteiger partial charge in [0.05, 0.1) is 20.9 Å². The molecule has 0 fully saturated rings. The van der Waals surface area contributed by atoms with Gasteiger partial charge in [0.25, 0.3) is 0 Å². The zero-order valence-electron chi connectivity index (χ0n) is 8.45. The lowest BCUT2D eigenvalue weighted by Gasteiger charge is -1.95. The van der Waals surface area contributed by atoms with Crippen LogP contribution in [0.4, 0.5) is 0 Å². The third-order valence-corrected chi connectivity index (χ3v) is 4.16. The van der Waals surface area contributed by atoms with Crippen LogP contribution in [0.3, 0.4) is 0 Å². The molecular weight excluding hydrogens is 276 g/mol. The minimum atomic E-state index is -0.164. The number of oxazole rings is 1. The minimum Gasteiger partial charge on any atom is -0.438 e. The van der Waals surface area contributed by atoms with Crippen LogP contribution in [-0.4, -0.2) is 4.98 Å². The molecule has 0 aliphatic carbocycles. The summed E-state index contributed by atoms with van der Waals surface area (Å²) in [5.41, 5.74) is 6.88. The topological polar surface area (TPSA) is 52.0 Å². The lowest BCUT2D eigenvalue weighted by Crippen LogP contribution is -2.04. The molecule has 0 amide bonds. The fraction of sp³-hybridized carbons (Fsp3) is 0.300. The van der Waals surface area contributed by atoms with Gasteiger partial charge in [0.2, 0.25) is 5.89 Å². The van der Waals surface area contributed by atoms with E-state index in [-0.39, 0.29) is 6.04 Å². The molecular formula is C10H11BrN2OS. The van der Waals surface area contributed by atoms with Crippen molar-refractivity contribution >= 4 is 27.3 Å². The van der Waals surface area contributed by atoms with E-state index in [1.807, 2.05) is 13.8 Å². The third kappa shape index (κ3) is 2.14. The molecule has 1 atom stereocenters. The highest BCUT2D eigenvalue weighted by Gasteiger charge is 2.12. The van der Waals surface area contributed by atoms with Gasteiger partial charge in [-0.25, -0.2) is 4.98 Å². The van der Waals surface area contributed by atoms with Gasteiger partial charge in [0.1, 0.15) is 0 Å². The first-order chi connectivity index (χ1) is 7.08. The van der Waals surface area contributed by atoms with Crippen molar-refractivity contribution in [2.24, 2.45) is 5.73 Å². The Kier molecular flexibility index (Phi) is 2.95. The molecule has 15 heavy (non-hydrogen) atoms. The quantitative estimate of drug-likeness (QED) is 0.919. The summed E-state index contributed by atoms with van der Waals surface area (Å²) in [6.07, 6.45) is 1.72. The first-order valence-electron chi connectivity index (χ1n) is 4.55. The molecule has 80 valence electrons. The summed E-state index contributed by atoms with van der Waals surface area (Å²) in [6.45, 7) is 3.90. The Bertz CT molecular complexity index is 456. The van der Waals surface area contributed by atoms with Gasteiger partial charge in [-0.05, 0) is 41.4 Å². The number of hydrogen-bond acceptors (Lipinski definition) is 4. The van der Waals surface area contributed by atoms with E-state index in [4.69, 9.17) is 10.2 Å². The second-order valence-corrected chi connectivity index (χ2v) is 5.79. The van der Waals surface area contributed by atoms with Gasteiger partial charge >= 0.3 is 0 Å². The molecule has 2 heterocycles. The Balaban J connectivity index is 2.37. The van der Waals surface area contributed by atoms with Crippen molar-refractivity contribution < 1.29 is 4.42 Å². The lowest BCUT2D eigenvalue weighted by atomic mass is 10.3. The Morgan fingerprint density at radius 1 is 1.60 bits per heavy atom. The minimum absolute atomic E-state index is 0.164. The van der Waals surface area contributed by atoms with Crippen molar-refractivity contribution in [3.63, 3.8) is 0 Å². The van der Waals surface area contributed by atoms with E-state index >= 15 is 0 Å². The largest absolute Gasteiger partial charge is 0.438 e. The second kappa shape index (κ2) is 4.08. The molecule has 2 aromatic heterocycles. The Hall–Kier alpha value is -0.650. The van der Waals surface area contributed by atoms with E-state index in [0.717, 1.165) is 14.4 Å². The zero-order chi connectivity index (χ0) is 11.0. The van der Waals surface area contributed by atoms with Gasteiger partial charge in [-0.15, -0.1) is 11.3 Å². The first-order valence-corrected chi connectivity index (χ1v) is 6.16. The standard InChI is InChI=1S/C10H11BrN2OS/c1-5-3-8(15-9(5)11)7-4-13-10(14-7)6(2)12/h3-4,6H,12H2,1-2H3. The fourth-order valence-electron chi connectivity index (χ4n) is 1.19. The molecule has 0 aromatic carbocycles. The molecule has 5 heteroatoms. The highest BCUT2D eigenvalue weighted by molar-refractivity contribution is 9.11. The molecule has 2 N–H and O–H groups in total. The van der Waals surface area contributed by atoms with Gasteiger partial charge in [-0.1, -0.05) is 0 Å². The number of hydrogen-bond donors (Lipinski definition) is 1. The summed E-state index contributed by atoms with van der Waals surface area (Å²) in [5.74, 6) is 1.35. The normalized spacial score (nSPS) is 13.1. The Morgan fingerprint density at radius 2 is 2.33 bits per heavy atom. The highest BCUT2D eigenvalue weighted by atomic mass is 79.9. The molecule has 0 aliphatic rings. The van der Waals surface area contributed by atoms with Crippen molar-refractivity contribution in [3.8, 4) is 10.6 Å². The summed E-state index contributed by atoms with van der Waals surface area (Å²) >= 11 is 5.12. The molecule has 0 bridgehead atoms. The van der Waals surface area contributed by atoms with E-state index in [9.17, 15) is 0 Å². The maximum absolute atomic E-state index is 5.68. The van der Waals surface area contributed by atoms with Crippen LogP contribution in [-0.2, 0) is 0 Å². The van der Waals surface area contributed by atoms with Crippen LogP contribution in [0, 0.1) is 6.92 Å². The molecule has 3 nitrogen and oxygen atoms in total. The SMILES string of the molecule is Cc1cc(-c2cnc(C(C)N)o2)sc1Br.